The van der Waals surface area contributed by atoms with E-state index < -0.39 is 0 Å². The van der Waals surface area contributed by atoms with Gasteiger partial charge in [0.1, 0.15) is 5.75 Å². The van der Waals surface area contributed by atoms with Crippen LogP contribution in [0.3, 0.4) is 0 Å². The average Bonchev–Trinajstić information content (AvgIpc) is 3.01. The number of halogens is 1. The van der Waals surface area contributed by atoms with Gasteiger partial charge in [0.25, 0.3) is 0 Å². The molecule has 3 atom stereocenters. The lowest BCUT2D eigenvalue weighted by Crippen LogP contribution is -2.24. The fraction of sp³-hybridized carbons (Fsp3) is 0.667. The van der Waals surface area contributed by atoms with E-state index in [-0.39, 0.29) is 0 Å². The Kier molecular flexibility index (Phi) is 3.74. The molecule has 3 aliphatic rings. The summed E-state index contributed by atoms with van der Waals surface area (Å²) in [7, 11) is 0. The van der Waals surface area contributed by atoms with Gasteiger partial charge in [0.05, 0.1) is 6.61 Å². The van der Waals surface area contributed by atoms with E-state index in [1.54, 1.807) is 0 Å². The first-order valence-electron chi connectivity index (χ1n) is 8.48. The van der Waals surface area contributed by atoms with E-state index in [1.807, 2.05) is 0 Å². The second-order valence-electron chi connectivity index (χ2n) is 6.81. The normalized spacial score (nSPS) is 31.2. The topological polar surface area (TPSA) is 21.3 Å². The molecule has 114 valence electrons. The Hall–Kier alpha value is -0.540. The van der Waals surface area contributed by atoms with Crippen molar-refractivity contribution in [1.82, 2.24) is 5.32 Å². The van der Waals surface area contributed by atoms with Gasteiger partial charge in [-0.25, -0.2) is 0 Å². The Balaban J connectivity index is 1.68. The summed E-state index contributed by atoms with van der Waals surface area (Å²) in [6, 6.07) is 5.00. The van der Waals surface area contributed by atoms with E-state index in [0.29, 0.717) is 6.04 Å². The van der Waals surface area contributed by atoms with Gasteiger partial charge in [0, 0.05) is 22.5 Å². The van der Waals surface area contributed by atoms with Crippen molar-refractivity contribution in [3.05, 3.63) is 27.7 Å². The third-order valence-electron chi connectivity index (χ3n) is 5.64. The molecule has 0 spiro atoms. The predicted octanol–water partition coefficient (Wildman–Crippen LogP) is 4.47. The largest absolute Gasteiger partial charge is 0.493 e. The second-order valence-corrected chi connectivity index (χ2v) is 7.72. The number of fused-ring (bicyclic) bond motifs is 2. The van der Waals surface area contributed by atoms with Crippen molar-refractivity contribution in [1.29, 1.82) is 0 Å². The highest BCUT2D eigenvalue weighted by molar-refractivity contribution is 9.10. The van der Waals surface area contributed by atoms with Gasteiger partial charge in [-0.2, -0.15) is 0 Å². The Bertz CT molecular complexity index is 532. The summed E-state index contributed by atoms with van der Waals surface area (Å²) in [5, 5.41) is 3.77. The SMILES string of the molecule is CCNC(c1cc(Br)cc2c1OCC2)C1C2CCCCC21. The maximum atomic E-state index is 5.98. The lowest BCUT2D eigenvalue weighted by atomic mass is 9.96. The molecule has 1 N–H and O–H groups in total. The van der Waals surface area contributed by atoms with Crippen LogP contribution in [0.5, 0.6) is 5.75 Å². The lowest BCUT2D eigenvalue weighted by Gasteiger charge is -2.22. The predicted molar refractivity (Wildman–Crippen MR) is 88.7 cm³/mol. The van der Waals surface area contributed by atoms with Gasteiger partial charge >= 0.3 is 0 Å². The van der Waals surface area contributed by atoms with Crippen molar-refractivity contribution >= 4 is 15.9 Å². The van der Waals surface area contributed by atoms with Gasteiger partial charge in [-0.15, -0.1) is 0 Å². The Morgan fingerprint density at radius 2 is 2.05 bits per heavy atom. The van der Waals surface area contributed by atoms with E-state index in [2.05, 4.69) is 40.3 Å². The van der Waals surface area contributed by atoms with Crippen LogP contribution >= 0.6 is 15.9 Å². The van der Waals surface area contributed by atoms with Gasteiger partial charge in [-0.05, 0) is 54.8 Å². The molecule has 2 saturated carbocycles. The zero-order valence-electron chi connectivity index (χ0n) is 12.7. The van der Waals surface area contributed by atoms with Crippen LogP contribution in [0.15, 0.2) is 16.6 Å². The summed E-state index contributed by atoms with van der Waals surface area (Å²) in [5.74, 6) is 3.92. The van der Waals surface area contributed by atoms with Crippen LogP contribution in [0.1, 0.15) is 49.8 Å². The Morgan fingerprint density at radius 3 is 2.76 bits per heavy atom. The lowest BCUT2D eigenvalue weighted by molar-refractivity contribution is 0.343. The summed E-state index contributed by atoms with van der Waals surface area (Å²) in [5.41, 5.74) is 2.78. The number of hydrogen-bond acceptors (Lipinski definition) is 2. The van der Waals surface area contributed by atoms with Crippen LogP contribution in [0.4, 0.5) is 0 Å². The van der Waals surface area contributed by atoms with Crippen LogP contribution in [-0.2, 0) is 6.42 Å². The third kappa shape index (κ3) is 2.43. The minimum absolute atomic E-state index is 0.479. The molecule has 0 aromatic heterocycles. The molecular weight excluding hydrogens is 326 g/mol. The minimum atomic E-state index is 0.479. The quantitative estimate of drug-likeness (QED) is 0.865. The van der Waals surface area contributed by atoms with Crippen molar-refractivity contribution in [3.8, 4) is 5.75 Å². The maximum Gasteiger partial charge on any atom is 0.127 e. The van der Waals surface area contributed by atoms with Crippen LogP contribution in [0.2, 0.25) is 0 Å². The Labute approximate surface area is 135 Å². The number of benzene rings is 1. The first-order chi connectivity index (χ1) is 10.3. The van der Waals surface area contributed by atoms with E-state index in [4.69, 9.17) is 4.74 Å². The summed E-state index contributed by atoms with van der Waals surface area (Å²) < 4.78 is 7.18. The van der Waals surface area contributed by atoms with Crippen molar-refractivity contribution in [2.24, 2.45) is 17.8 Å². The summed E-state index contributed by atoms with van der Waals surface area (Å²) >= 11 is 3.70. The monoisotopic (exact) mass is 349 g/mol. The zero-order valence-corrected chi connectivity index (χ0v) is 14.3. The van der Waals surface area contributed by atoms with E-state index in [0.717, 1.165) is 37.3 Å². The molecule has 2 nitrogen and oxygen atoms in total. The molecule has 1 aromatic rings. The van der Waals surface area contributed by atoms with Gasteiger partial charge in [0.2, 0.25) is 0 Å². The van der Waals surface area contributed by atoms with Crippen LogP contribution in [-0.4, -0.2) is 13.2 Å². The van der Waals surface area contributed by atoms with Gasteiger partial charge in [-0.1, -0.05) is 35.7 Å². The van der Waals surface area contributed by atoms with Gasteiger partial charge < -0.3 is 10.1 Å². The molecule has 1 aliphatic heterocycles. The van der Waals surface area contributed by atoms with Crippen LogP contribution in [0.25, 0.3) is 0 Å². The standard InChI is InChI=1S/C18H24BrNO/c1-2-20-17(16-13-5-3-4-6-14(13)16)15-10-12(19)9-11-7-8-21-18(11)15/h9-10,13-14,16-17,20H,2-8H2,1H3. The summed E-state index contributed by atoms with van der Waals surface area (Å²) in [6.07, 6.45) is 6.80. The van der Waals surface area contributed by atoms with Crippen molar-refractivity contribution in [2.45, 2.75) is 45.1 Å². The molecule has 0 saturated heterocycles. The third-order valence-corrected chi connectivity index (χ3v) is 6.10. The van der Waals surface area contributed by atoms with Gasteiger partial charge in [0.15, 0.2) is 0 Å². The van der Waals surface area contributed by atoms with E-state index in [9.17, 15) is 0 Å². The first kappa shape index (κ1) is 14.1. The molecule has 0 amide bonds. The van der Waals surface area contributed by atoms with E-state index >= 15 is 0 Å². The summed E-state index contributed by atoms with van der Waals surface area (Å²) in [4.78, 5) is 0. The molecule has 2 fully saturated rings. The molecule has 1 heterocycles. The number of rotatable bonds is 4. The molecule has 3 unspecified atom stereocenters. The highest BCUT2D eigenvalue weighted by atomic mass is 79.9. The number of nitrogens with one attached hydrogen (secondary N) is 1. The number of hydrogen-bond donors (Lipinski definition) is 1. The van der Waals surface area contributed by atoms with E-state index in [1.165, 1.54) is 47.0 Å². The molecule has 21 heavy (non-hydrogen) atoms. The molecule has 0 radical (unpaired) electrons. The highest BCUT2D eigenvalue weighted by Gasteiger charge is 2.54. The molecule has 0 bridgehead atoms. The molecule has 3 heteroatoms. The average molecular weight is 350 g/mol. The fourth-order valence-corrected chi connectivity index (χ4v) is 5.27. The Morgan fingerprint density at radius 1 is 1.29 bits per heavy atom. The maximum absolute atomic E-state index is 5.98. The highest BCUT2D eigenvalue weighted by Crippen LogP contribution is 2.61. The second kappa shape index (κ2) is 5.58. The van der Waals surface area contributed by atoms with Gasteiger partial charge in [-0.3, -0.25) is 0 Å². The fourth-order valence-electron chi connectivity index (χ4n) is 4.74. The van der Waals surface area contributed by atoms with Crippen molar-refractivity contribution in [2.75, 3.05) is 13.2 Å². The first-order valence-corrected chi connectivity index (χ1v) is 9.27. The zero-order chi connectivity index (χ0) is 14.4. The van der Waals surface area contributed by atoms with Crippen molar-refractivity contribution < 1.29 is 4.74 Å². The molecule has 2 aliphatic carbocycles. The molecular formula is C18H24BrNO. The molecule has 4 rings (SSSR count). The van der Waals surface area contributed by atoms with Crippen molar-refractivity contribution in [3.63, 3.8) is 0 Å². The minimum Gasteiger partial charge on any atom is -0.493 e. The van der Waals surface area contributed by atoms with Crippen LogP contribution < -0.4 is 10.1 Å². The summed E-state index contributed by atoms with van der Waals surface area (Å²) in [6.45, 7) is 4.09. The number of ether oxygens (including phenoxy) is 1. The smallest absolute Gasteiger partial charge is 0.127 e. The molecule has 1 aromatic carbocycles. The van der Waals surface area contributed by atoms with Crippen LogP contribution in [0, 0.1) is 17.8 Å².